The van der Waals surface area contributed by atoms with Gasteiger partial charge in [-0.1, -0.05) is 0 Å². The van der Waals surface area contributed by atoms with Crippen LogP contribution in [0.15, 0.2) is 18.3 Å². The van der Waals surface area contributed by atoms with Crippen molar-refractivity contribution >= 4 is 5.82 Å². The molecule has 0 aromatic carbocycles. The van der Waals surface area contributed by atoms with Crippen molar-refractivity contribution in [2.75, 3.05) is 44.2 Å². The number of pyridine rings is 1. The van der Waals surface area contributed by atoms with Crippen LogP contribution in [0, 0.1) is 0 Å². The van der Waals surface area contributed by atoms with Gasteiger partial charge in [0.15, 0.2) is 0 Å². The molecule has 21 heavy (non-hydrogen) atoms. The summed E-state index contributed by atoms with van der Waals surface area (Å²) in [7, 11) is 0. The minimum absolute atomic E-state index is 0.0641. The third-order valence-corrected chi connectivity index (χ3v) is 4.26. The van der Waals surface area contributed by atoms with E-state index >= 15 is 0 Å². The highest BCUT2D eigenvalue weighted by Gasteiger charge is 2.36. The molecule has 4 nitrogen and oxygen atoms in total. The quantitative estimate of drug-likeness (QED) is 0.899. The van der Waals surface area contributed by atoms with Crippen molar-refractivity contribution in [3.63, 3.8) is 0 Å². The predicted octanol–water partition coefficient (Wildman–Crippen LogP) is 1.58. The molecule has 2 aliphatic heterocycles. The highest BCUT2D eigenvalue weighted by atomic mass is 19.4. The molecule has 0 aliphatic carbocycles. The van der Waals surface area contributed by atoms with Gasteiger partial charge in [-0.2, -0.15) is 13.2 Å². The van der Waals surface area contributed by atoms with Gasteiger partial charge in [-0.25, -0.2) is 4.98 Å². The Morgan fingerprint density at radius 2 is 1.95 bits per heavy atom. The lowest BCUT2D eigenvalue weighted by molar-refractivity contribution is -0.137. The van der Waals surface area contributed by atoms with Gasteiger partial charge in [-0.05, 0) is 25.1 Å². The number of hydrogen-bond acceptors (Lipinski definition) is 4. The zero-order chi connectivity index (χ0) is 14.9. The number of nitrogens with zero attached hydrogens (tertiary/aromatic N) is 3. The topological polar surface area (TPSA) is 31.4 Å². The summed E-state index contributed by atoms with van der Waals surface area (Å²) in [6.07, 6.45) is -1.80. The number of rotatable bonds is 2. The molecule has 3 rings (SSSR count). The lowest BCUT2D eigenvalue weighted by Crippen LogP contribution is -2.51. The maximum absolute atomic E-state index is 13.0. The molecule has 2 fully saturated rings. The van der Waals surface area contributed by atoms with E-state index in [-0.39, 0.29) is 5.82 Å². The Kier molecular flexibility index (Phi) is 4.03. The molecule has 3 heterocycles. The average molecular weight is 300 g/mol. The summed E-state index contributed by atoms with van der Waals surface area (Å²) in [5.41, 5.74) is -0.638. The van der Waals surface area contributed by atoms with Crippen LogP contribution in [-0.2, 0) is 6.18 Å². The van der Waals surface area contributed by atoms with Gasteiger partial charge in [-0.15, -0.1) is 0 Å². The smallest absolute Gasteiger partial charge is 0.354 e. The summed E-state index contributed by atoms with van der Waals surface area (Å²) < 4.78 is 39.1. The minimum Gasteiger partial charge on any atom is -0.354 e. The second kappa shape index (κ2) is 5.81. The Labute approximate surface area is 121 Å². The monoisotopic (exact) mass is 300 g/mol. The molecule has 1 aromatic heterocycles. The first kappa shape index (κ1) is 14.6. The first-order valence-corrected chi connectivity index (χ1v) is 7.27. The first-order chi connectivity index (χ1) is 10.1. The minimum atomic E-state index is -4.35. The van der Waals surface area contributed by atoms with E-state index in [1.807, 2.05) is 0 Å². The zero-order valence-corrected chi connectivity index (χ0v) is 11.7. The van der Waals surface area contributed by atoms with Crippen molar-refractivity contribution in [2.24, 2.45) is 0 Å². The van der Waals surface area contributed by atoms with Crippen LogP contribution in [0.5, 0.6) is 0 Å². The van der Waals surface area contributed by atoms with Crippen LogP contribution >= 0.6 is 0 Å². The van der Waals surface area contributed by atoms with E-state index in [2.05, 4.69) is 15.2 Å². The predicted molar refractivity (Wildman–Crippen MR) is 74.3 cm³/mol. The lowest BCUT2D eigenvalue weighted by atomic mass is 10.1. The standard InChI is InChI=1S/C14H19F3N4/c15-14(16,17)12-2-1-4-19-13(12)21-8-6-20(7-9-21)11-3-5-18-10-11/h1-2,4,11,18H,3,5-10H2. The van der Waals surface area contributed by atoms with E-state index in [4.69, 9.17) is 0 Å². The van der Waals surface area contributed by atoms with Crippen molar-refractivity contribution in [1.82, 2.24) is 15.2 Å². The summed E-state index contributed by atoms with van der Waals surface area (Å²) in [6, 6.07) is 2.97. The Hall–Kier alpha value is -1.34. The number of piperazine rings is 1. The molecule has 0 saturated carbocycles. The fourth-order valence-corrected chi connectivity index (χ4v) is 3.12. The summed E-state index contributed by atoms with van der Waals surface area (Å²) in [4.78, 5) is 8.09. The van der Waals surface area contributed by atoms with Crippen molar-refractivity contribution in [3.8, 4) is 0 Å². The summed E-state index contributed by atoms with van der Waals surface area (Å²) in [6.45, 7) is 4.79. The van der Waals surface area contributed by atoms with Gasteiger partial charge in [0.1, 0.15) is 5.82 Å². The molecule has 1 unspecified atom stereocenters. The molecule has 0 radical (unpaired) electrons. The fraction of sp³-hybridized carbons (Fsp3) is 0.643. The van der Waals surface area contributed by atoms with Crippen molar-refractivity contribution < 1.29 is 13.2 Å². The van der Waals surface area contributed by atoms with Gasteiger partial charge in [0.05, 0.1) is 5.56 Å². The van der Waals surface area contributed by atoms with Gasteiger partial charge in [0.2, 0.25) is 0 Å². The molecule has 7 heteroatoms. The molecule has 2 saturated heterocycles. The maximum Gasteiger partial charge on any atom is 0.419 e. The second-order valence-corrected chi connectivity index (χ2v) is 5.54. The van der Waals surface area contributed by atoms with Crippen molar-refractivity contribution in [3.05, 3.63) is 23.9 Å². The van der Waals surface area contributed by atoms with E-state index in [1.54, 1.807) is 4.90 Å². The van der Waals surface area contributed by atoms with Gasteiger partial charge in [-0.3, -0.25) is 4.90 Å². The number of nitrogens with one attached hydrogen (secondary N) is 1. The molecule has 0 amide bonds. The molecule has 1 atom stereocenters. The Balaban J connectivity index is 1.69. The first-order valence-electron chi connectivity index (χ1n) is 7.27. The van der Waals surface area contributed by atoms with E-state index < -0.39 is 11.7 Å². The molecular formula is C14H19F3N4. The highest BCUT2D eigenvalue weighted by Crippen LogP contribution is 2.35. The number of aromatic nitrogens is 1. The van der Waals surface area contributed by atoms with E-state index in [1.165, 1.54) is 12.3 Å². The normalized spacial score (nSPS) is 24.5. The van der Waals surface area contributed by atoms with Gasteiger partial charge >= 0.3 is 6.18 Å². The average Bonchev–Trinajstić information content (AvgIpc) is 3.01. The molecule has 1 N–H and O–H groups in total. The van der Waals surface area contributed by atoms with Crippen LogP contribution in [0.1, 0.15) is 12.0 Å². The van der Waals surface area contributed by atoms with Crippen LogP contribution in [0.3, 0.4) is 0 Å². The summed E-state index contributed by atoms with van der Waals surface area (Å²) >= 11 is 0. The molecular weight excluding hydrogens is 281 g/mol. The van der Waals surface area contributed by atoms with Gasteiger partial charge < -0.3 is 10.2 Å². The van der Waals surface area contributed by atoms with Crippen LogP contribution in [0.2, 0.25) is 0 Å². The second-order valence-electron chi connectivity index (χ2n) is 5.54. The van der Waals surface area contributed by atoms with Gasteiger partial charge in [0.25, 0.3) is 0 Å². The Morgan fingerprint density at radius 3 is 2.57 bits per heavy atom. The maximum atomic E-state index is 13.0. The van der Waals surface area contributed by atoms with E-state index in [0.717, 1.165) is 38.7 Å². The number of anilines is 1. The van der Waals surface area contributed by atoms with Crippen LogP contribution in [0.4, 0.5) is 19.0 Å². The third kappa shape index (κ3) is 3.13. The zero-order valence-electron chi connectivity index (χ0n) is 11.7. The van der Waals surface area contributed by atoms with E-state index in [9.17, 15) is 13.2 Å². The molecule has 0 bridgehead atoms. The lowest BCUT2D eigenvalue weighted by Gasteiger charge is -2.39. The summed E-state index contributed by atoms with van der Waals surface area (Å²) in [5.74, 6) is 0.0641. The van der Waals surface area contributed by atoms with E-state index in [0.29, 0.717) is 19.1 Å². The molecule has 1 aromatic rings. The summed E-state index contributed by atoms with van der Waals surface area (Å²) in [5, 5.41) is 3.33. The number of hydrogen-bond donors (Lipinski definition) is 1. The largest absolute Gasteiger partial charge is 0.419 e. The Morgan fingerprint density at radius 1 is 1.19 bits per heavy atom. The SMILES string of the molecule is FC(F)(F)c1cccnc1N1CCN(C2CCNC2)CC1. The highest BCUT2D eigenvalue weighted by molar-refractivity contribution is 5.48. The van der Waals surface area contributed by atoms with Crippen LogP contribution in [0.25, 0.3) is 0 Å². The van der Waals surface area contributed by atoms with Gasteiger partial charge in [0, 0.05) is 45.0 Å². The molecule has 0 spiro atoms. The van der Waals surface area contributed by atoms with Crippen LogP contribution < -0.4 is 10.2 Å². The van der Waals surface area contributed by atoms with Crippen molar-refractivity contribution in [2.45, 2.75) is 18.6 Å². The molecule has 2 aliphatic rings. The number of halogens is 3. The Bertz CT molecular complexity index is 477. The number of alkyl halides is 3. The van der Waals surface area contributed by atoms with Crippen molar-refractivity contribution in [1.29, 1.82) is 0 Å². The molecule has 116 valence electrons. The fourth-order valence-electron chi connectivity index (χ4n) is 3.12. The van der Waals surface area contributed by atoms with Crippen LogP contribution in [-0.4, -0.2) is 55.2 Å². The third-order valence-electron chi connectivity index (χ3n) is 4.26.